The number of hydrogen-bond donors (Lipinski definition) is 1. The summed E-state index contributed by atoms with van der Waals surface area (Å²) >= 11 is 0. The van der Waals surface area contributed by atoms with Crippen LogP contribution in [0.3, 0.4) is 0 Å². The van der Waals surface area contributed by atoms with Crippen molar-refractivity contribution in [2.24, 2.45) is 0 Å². The molecule has 1 N–H and O–H groups in total. The Morgan fingerprint density at radius 2 is 2.38 bits per heavy atom. The molecule has 0 aromatic carbocycles. The van der Waals surface area contributed by atoms with Crippen LogP contribution in [0, 0.1) is 0 Å². The van der Waals surface area contributed by atoms with Crippen LogP contribution < -0.4 is 24.0 Å². The topological polar surface area (TPSA) is 68.8 Å². The van der Waals surface area contributed by atoms with Gasteiger partial charge in [0.1, 0.15) is 0 Å². The van der Waals surface area contributed by atoms with Crippen LogP contribution in [0.25, 0.3) is 0 Å². The van der Waals surface area contributed by atoms with Crippen molar-refractivity contribution in [2.75, 3.05) is 0 Å². The van der Waals surface area contributed by atoms with Crippen molar-refractivity contribution in [2.45, 2.75) is 26.2 Å². The molecule has 1 atom stereocenters. The summed E-state index contributed by atoms with van der Waals surface area (Å²) < 4.78 is 0. The van der Waals surface area contributed by atoms with Gasteiger partial charge >= 0.3 is 18.9 Å². The summed E-state index contributed by atoms with van der Waals surface area (Å²) in [5, 5.41) is 16.6. The first-order chi connectivity index (χ1) is 5.65. The van der Waals surface area contributed by atoms with Crippen molar-refractivity contribution in [3.05, 3.63) is 17.5 Å². The number of carbonyl (C=O) groups is 1. The van der Waals surface area contributed by atoms with Crippen LogP contribution in [0.15, 0.2) is 6.07 Å². The van der Waals surface area contributed by atoms with Crippen molar-refractivity contribution in [3.8, 4) is 0 Å². The van der Waals surface area contributed by atoms with Gasteiger partial charge in [-0.25, -0.2) is 0 Å². The van der Waals surface area contributed by atoms with E-state index in [9.17, 15) is 9.90 Å². The predicted octanol–water partition coefficient (Wildman–Crippen LogP) is -2.71. The summed E-state index contributed by atoms with van der Waals surface area (Å²) in [6.07, 6.45) is 0.942. The van der Waals surface area contributed by atoms with Crippen molar-refractivity contribution >= 4 is 5.97 Å². The molecule has 0 aliphatic heterocycles. The average molecular weight is 174 g/mol. The fraction of sp³-hybridized carbons (Fsp3) is 0.500. The summed E-state index contributed by atoms with van der Waals surface area (Å²) in [5.41, 5.74) is 0.821. The molecule has 1 aromatic rings. The van der Waals surface area contributed by atoms with Crippen molar-refractivity contribution in [1.29, 1.82) is 0 Å². The average Bonchev–Trinajstić information content (AvgIpc) is 2.51. The molecule has 0 amide bonds. The second kappa shape index (κ2) is 5.10. The van der Waals surface area contributed by atoms with Gasteiger partial charge in [-0.1, -0.05) is 13.8 Å². The molecule has 0 saturated heterocycles. The molecular formula is C8H11LiN2O2. The number of nitrogens with one attached hydrogen (secondary N) is 1. The molecule has 1 heterocycles. The van der Waals surface area contributed by atoms with Gasteiger partial charge in [-0.2, -0.15) is 5.10 Å². The number of hydrogen-bond acceptors (Lipinski definition) is 3. The van der Waals surface area contributed by atoms with Crippen LogP contribution in [0.2, 0.25) is 0 Å². The SMILES string of the molecule is CCC(C)c1cc(C(=O)[O-])[nH]n1.[Li+]. The second-order valence-electron chi connectivity index (χ2n) is 2.80. The quantitative estimate of drug-likeness (QED) is 0.506. The van der Waals surface area contributed by atoms with E-state index in [1.54, 1.807) is 0 Å². The number of aromatic nitrogens is 2. The van der Waals surface area contributed by atoms with Crippen molar-refractivity contribution < 1.29 is 28.8 Å². The molecule has 66 valence electrons. The molecule has 13 heavy (non-hydrogen) atoms. The van der Waals surface area contributed by atoms with E-state index < -0.39 is 5.97 Å². The Morgan fingerprint density at radius 3 is 2.77 bits per heavy atom. The molecule has 4 nitrogen and oxygen atoms in total. The van der Waals surface area contributed by atoms with Crippen molar-refractivity contribution in [3.63, 3.8) is 0 Å². The number of carboxylic acid groups (broad SMARTS) is 1. The largest absolute Gasteiger partial charge is 1.00 e. The third-order valence-corrected chi connectivity index (χ3v) is 1.93. The molecule has 0 aliphatic rings. The Morgan fingerprint density at radius 1 is 1.77 bits per heavy atom. The first kappa shape index (κ1) is 12.3. The summed E-state index contributed by atoms with van der Waals surface area (Å²) in [5.74, 6) is -0.925. The number of H-pyrrole nitrogens is 1. The third-order valence-electron chi connectivity index (χ3n) is 1.93. The number of aromatic amines is 1. The zero-order valence-electron chi connectivity index (χ0n) is 8.13. The minimum Gasteiger partial charge on any atom is -0.543 e. The van der Waals surface area contributed by atoms with E-state index in [1.165, 1.54) is 6.07 Å². The first-order valence-electron chi connectivity index (χ1n) is 3.91. The van der Waals surface area contributed by atoms with Gasteiger partial charge in [-0.3, -0.25) is 5.10 Å². The maximum Gasteiger partial charge on any atom is 1.00 e. The van der Waals surface area contributed by atoms with E-state index in [0.29, 0.717) is 0 Å². The van der Waals surface area contributed by atoms with Gasteiger partial charge in [0, 0.05) is 0 Å². The van der Waals surface area contributed by atoms with Crippen LogP contribution in [-0.4, -0.2) is 16.2 Å². The molecular weight excluding hydrogens is 163 g/mol. The smallest absolute Gasteiger partial charge is 0.543 e. The summed E-state index contributed by atoms with van der Waals surface area (Å²) in [7, 11) is 0. The van der Waals surface area contributed by atoms with E-state index in [2.05, 4.69) is 10.2 Å². The van der Waals surface area contributed by atoms with E-state index in [4.69, 9.17) is 0 Å². The third kappa shape index (κ3) is 2.91. The molecule has 1 aromatic heterocycles. The first-order valence-corrected chi connectivity index (χ1v) is 3.91. The number of nitrogens with zero attached hydrogens (tertiary/aromatic N) is 1. The molecule has 5 heteroatoms. The Balaban J connectivity index is 0.00000144. The minimum absolute atomic E-state index is 0. The van der Waals surface area contributed by atoms with Gasteiger partial charge < -0.3 is 9.90 Å². The molecule has 0 bridgehead atoms. The molecule has 0 aliphatic carbocycles. The Labute approximate surface area is 88.9 Å². The molecule has 1 rings (SSSR count). The molecule has 1 unspecified atom stereocenters. The monoisotopic (exact) mass is 174 g/mol. The second-order valence-corrected chi connectivity index (χ2v) is 2.80. The van der Waals surface area contributed by atoms with E-state index in [1.807, 2.05) is 13.8 Å². The van der Waals surface area contributed by atoms with Crippen LogP contribution in [0.1, 0.15) is 42.4 Å². The van der Waals surface area contributed by atoms with Crippen LogP contribution in [-0.2, 0) is 0 Å². The maximum absolute atomic E-state index is 10.3. The summed E-state index contributed by atoms with van der Waals surface area (Å²) in [4.78, 5) is 10.3. The zero-order chi connectivity index (χ0) is 9.14. The van der Waals surface area contributed by atoms with Gasteiger partial charge in [0.2, 0.25) is 0 Å². The number of aromatic carboxylic acids is 1. The van der Waals surface area contributed by atoms with Gasteiger partial charge in [0.25, 0.3) is 0 Å². The standard InChI is InChI=1S/C8H12N2O2.Li/c1-3-5(2)6-4-7(8(11)12)10-9-6;/h4-5H,3H2,1-2H3,(H,9,10)(H,11,12);/q;+1/p-1. The van der Waals surface area contributed by atoms with Crippen LogP contribution >= 0.6 is 0 Å². The molecule has 0 fully saturated rings. The molecule has 0 spiro atoms. The summed E-state index contributed by atoms with van der Waals surface area (Å²) in [6.45, 7) is 4.02. The fourth-order valence-corrected chi connectivity index (χ4v) is 0.903. The molecule has 0 radical (unpaired) electrons. The number of carboxylic acids is 1. The fourth-order valence-electron chi connectivity index (χ4n) is 0.903. The van der Waals surface area contributed by atoms with E-state index in [-0.39, 0.29) is 30.5 Å². The Bertz CT molecular complexity index is 285. The van der Waals surface area contributed by atoms with Gasteiger partial charge in [0.05, 0.1) is 17.4 Å². The maximum atomic E-state index is 10.3. The number of rotatable bonds is 3. The van der Waals surface area contributed by atoms with E-state index in [0.717, 1.165) is 12.1 Å². The van der Waals surface area contributed by atoms with Gasteiger partial charge in [-0.15, -0.1) is 0 Å². The Hall–Kier alpha value is -0.723. The zero-order valence-corrected chi connectivity index (χ0v) is 8.13. The van der Waals surface area contributed by atoms with Gasteiger partial charge in [-0.05, 0) is 18.4 Å². The normalized spacial score (nSPS) is 11.8. The minimum atomic E-state index is -1.21. The molecule has 0 saturated carbocycles. The number of carbonyl (C=O) groups excluding carboxylic acids is 1. The van der Waals surface area contributed by atoms with E-state index >= 15 is 0 Å². The van der Waals surface area contributed by atoms with Gasteiger partial charge in [0.15, 0.2) is 0 Å². The summed E-state index contributed by atoms with van der Waals surface area (Å²) in [6, 6.07) is 1.52. The van der Waals surface area contributed by atoms with Crippen LogP contribution in [0.4, 0.5) is 0 Å². The Kier molecular flexibility index (Phi) is 4.82. The van der Waals surface area contributed by atoms with Crippen LogP contribution in [0.5, 0.6) is 0 Å². The predicted molar refractivity (Wildman–Crippen MR) is 41.6 cm³/mol. The van der Waals surface area contributed by atoms with Crippen molar-refractivity contribution in [1.82, 2.24) is 10.2 Å².